The van der Waals surface area contributed by atoms with E-state index in [1.54, 1.807) is 22.6 Å². The normalized spacial score (nSPS) is 21.0. The van der Waals surface area contributed by atoms with Crippen molar-refractivity contribution in [1.29, 1.82) is 0 Å². The summed E-state index contributed by atoms with van der Waals surface area (Å²) >= 11 is 0. The first-order valence-electron chi connectivity index (χ1n) is 19.6. The molecular weight excluding hydrogens is 845 g/mol. The van der Waals surface area contributed by atoms with Crippen LogP contribution in [0.15, 0.2) is 48.5 Å². The monoisotopic (exact) mass is 901 g/mol. The van der Waals surface area contributed by atoms with Crippen molar-refractivity contribution in [2.24, 2.45) is 5.73 Å². The predicted octanol–water partition coefficient (Wildman–Crippen LogP) is 5.32. The molecule has 3 amide bonds. The topological polar surface area (TPSA) is 237 Å². The Morgan fingerprint density at radius 2 is 1.59 bits per heavy atom. The van der Waals surface area contributed by atoms with Gasteiger partial charge in [-0.15, -0.1) is 0 Å². The van der Waals surface area contributed by atoms with Gasteiger partial charge < -0.3 is 41.1 Å². The number of hydrogen-bond donors (Lipinski definition) is 6. The fraction of sp³-hybridized carbons (Fsp3) is 0.553. The number of nitrogens with one attached hydrogen (secondary N) is 3. The fourth-order valence-corrected chi connectivity index (χ4v) is 9.71. The lowest BCUT2D eigenvalue weighted by Gasteiger charge is -2.30. The summed E-state index contributed by atoms with van der Waals surface area (Å²) in [5.41, 5.74) is 11.4. The van der Waals surface area contributed by atoms with Gasteiger partial charge in [-0.3, -0.25) is 32.5 Å². The number of carbonyl (C=O) groups excluding carboxylic acids is 3. The van der Waals surface area contributed by atoms with Crippen LogP contribution in [-0.4, -0.2) is 97.3 Å². The van der Waals surface area contributed by atoms with E-state index in [4.69, 9.17) is 24.0 Å². The van der Waals surface area contributed by atoms with Crippen LogP contribution in [0.3, 0.4) is 0 Å². The van der Waals surface area contributed by atoms with E-state index in [2.05, 4.69) is 20.5 Å². The third kappa shape index (κ3) is 16.1. The molecule has 2 aromatic carbocycles. The molecule has 5 atom stereocenters. The molecular formula is C38H57N5O12P2S2. The maximum absolute atomic E-state index is 13.6. The third-order valence-corrected chi connectivity index (χ3v) is 13.7. The molecule has 0 spiro atoms. The Kier molecular flexibility index (Phi) is 20.2. The number of para-hydroxylation sites is 1. The van der Waals surface area contributed by atoms with Crippen LogP contribution in [0.5, 0.6) is 0 Å². The van der Waals surface area contributed by atoms with Gasteiger partial charge in [-0.2, -0.15) is 0 Å². The van der Waals surface area contributed by atoms with Gasteiger partial charge in [0, 0.05) is 75.1 Å². The molecule has 328 valence electrons. The SMILES string of the molecule is CCN/C1=C(\N)c2ccccc2CN(C(=O)CCC(=O)NCCSSCCC(=O)NCCCCCOP(=O)(O)OC[C@H]2O[C@@H](C)C[C@H]2OP(=O)(O)OC)c2ccccc21. The first-order valence-corrected chi connectivity index (χ1v) is 25.0. The number of fused-ring (bicyclic) bond motifs is 2. The second-order valence-corrected chi connectivity index (χ2v) is 19.4. The molecule has 4 rings (SSSR count). The maximum Gasteiger partial charge on any atom is 0.472 e. The molecule has 0 radical (unpaired) electrons. The number of hydrogen-bond acceptors (Lipinski definition) is 14. The van der Waals surface area contributed by atoms with E-state index >= 15 is 0 Å². The van der Waals surface area contributed by atoms with E-state index in [1.807, 2.05) is 55.5 Å². The largest absolute Gasteiger partial charge is 0.472 e. The lowest BCUT2D eigenvalue weighted by atomic mass is 9.96. The molecule has 17 nitrogen and oxygen atoms in total. The van der Waals surface area contributed by atoms with Gasteiger partial charge in [0.2, 0.25) is 17.7 Å². The Labute approximate surface area is 353 Å². The molecule has 2 aliphatic heterocycles. The van der Waals surface area contributed by atoms with Gasteiger partial charge in [-0.05, 0) is 44.7 Å². The van der Waals surface area contributed by atoms with Crippen molar-refractivity contribution in [3.05, 3.63) is 65.2 Å². The van der Waals surface area contributed by atoms with Gasteiger partial charge in [0.25, 0.3) is 0 Å². The molecule has 2 aliphatic rings. The number of phosphoric acid groups is 2. The lowest BCUT2D eigenvalue weighted by Crippen LogP contribution is -2.35. The molecule has 1 fully saturated rings. The van der Waals surface area contributed by atoms with Gasteiger partial charge in [-0.25, -0.2) is 9.13 Å². The number of carbonyl (C=O) groups is 3. The molecule has 2 heterocycles. The van der Waals surface area contributed by atoms with Crippen LogP contribution in [0.4, 0.5) is 5.69 Å². The summed E-state index contributed by atoms with van der Waals surface area (Å²) in [6.45, 7) is 5.17. The highest BCUT2D eigenvalue weighted by atomic mass is 33.1. The lowest BCUT2D eigenvalue weighted by molar-refractivity contribution is -0.125. The van der Waals surface area contributed by atoms with Crippen molar-refractivity contribution >= 4 is 72.0 Å². The molecule has 0 aliphatic carbocycles. The molecule has 2 aromatic rings. The number of benzene rings is 2. The van der Waals surface area contributed by atoms with Crippen LogP contribution in [0.2, 0.25) is 0 Å². The van der Waals surface area contributed by atoms with E-state index in [1.165, 1.54) is 10.8 Å². The summed E-state index contributed by atoms with van der Waals surface area (Å²) in [6, 6.07) is 15.4. The highest BCUT2D eigenvalue weighted by Crippen LogP contribution is 2.48. The Balaban J connectivity index is 1.03. The molecule has 0 saturated carbocycles. The summed E-state index contributed by atoms with van der Waals surface area (Å²) in [5, 5.41) is 9.12. The summed E-state index contributed by atoms with van der Waals surface area (Å²) in [5.74, 6) is 0.783. The van der Waals surface area contributed by atoms with E-state index in [0.29, 0.717) is 69.1 Å². The van der Waals surface area contributed by atoms with E-state index in [-0.39, 0.29) is 56.3 Å². The van der Waals surface area contributed by atoms with Crippen LogP contribution in [0.25, 0.3) is 11.4 Å². The minimum Gasteiger partial charge on any atom is -0.397 e. The molecule has 21 heteroatoms. The Morgan fingerprint density at radius 3 is 2.36 bits per heavy atom. The summed E-state index contributed by atoms with van der Waals surface area (Å²) in [6.07, 6.45) is 0.429. The van der Waals surface area contributed by atoms with E-state index < -0.39 is 27.9 Å². The van der Waals surface area contributed by atoms with Crippen molar-refractivity contribution in [2.45, 2.75) is 83.6 Å². The van der Waals surface area contributed by atoms with Crippen molar-refractivity contribution in [3.63, 3.8) is 0 Å². The van der Waals surface area contributed by atoms with Crippen molar-refractivity contribution in [1.82, 2.24) is 16.0 Å². The number of nitrogens with zero attached hydrogens (tertiary/aromatic N) is 1. The average Bonchev–Trinajstić information content (AvgIpc) is 3.56. The number of anilines is 1. The standard InChI is InChI=1S/C38H57N5O12P2S2/c1-4-40-38-30-14-8-9-15-31(30)43(25-28-12-6-7-13-29(28)37(38)39)36(46)17-16-34(44)42-20-23-59-58-22-18-35(45)41-19-10-5-11-21-52-57(49,50)53-26-33-32(24-27(2)54-33)55-56(47,48)51-3/h6-9,12-15,27,32-33,40H,4-5,10-11,16-26,39H2,1-3H3,(H,41,45)(H,42,44)(H,47,48)(H,49,50)/b38-37-/t27-,32+,33+/m0/s1. The third-order valence-electron chi connectivity index (χ3n) is 9.28. The number of nitrogens with two attached hydrogens (primary N) is 1. The zero-order valence-electron chi connectivity index (χ0n) is 33.7. The molecule has 59 heavy (non-hydrogen) atoms. The van der Waals surface area contributed by atoms with E-state index in [9.17, 15) is 33.3 Å². The molecule has 0 aromatic heterocycles. The molecule has 2 unspecified atom stereocenters. The van der Waals surface area contributed by atoms with E-state index in [0.717, 1.165) is 35.2 Å². The van der Waals surface area contributed by atoms with Gasteiger partial charge >= 0.3 is 15.6 Å². The maximum atomic E-state index is 13.6. The Bertz CT molecular complexity index is 1840. The Morgan fingerprint density at radius 1 is 0.898 bits per heavy atom. The summed E-state index contributed by atoms with van der Waals surface area (Å²) in [7, 11) is -4.55. The number of ether oxygens (including phenoxy) is 1. The molecule has 1 saturated heterocycles. The zero-order chi connectivity index (χ0) is 42.8. The van der Waals surface area contributed by atoms with Crippen LogP contribution in [0, 0.1) is 0 Å². The van der Waals surface area contributed by atoms with Crippen molar-refractivity contribution < 1.29 is 56.1 Å². The van der Waals surface area contributed by atoms with Crippen LogP contribution < -0.4 is 26.6 Å². The van der Waals surface area contributed by atoms with Crippen molar-refractivity contribution in [3.8, 4) is 0 Å². The first-order chi connectivity index (χ1) is 28.2. The highest BCUT2D eigenvalue weighted by Gasteiger charge is 2.40. The second kappa shape index (κ2) is 24.5. The van der Waals surface area contributed by atoms with Crippen LogP contribution in [-0.2, 0) is 52.9 Å². The number of unbranched alkanes of at least 4 members (excludes halogenated alkanes) is 2. The van der Waals surface area contributed by atoms with Crippen molar-refractivity contribution in [2.75, 3.05) is 56.4 Å². The van der Waals surface area contributed by atoms with Gasteiger partial charge in [0.05, 0.1) is 42.9 Å². The van der Waals surface area contributed by atoms with Gasteiger partial charge in [-0.1, -0.05) is 64.1 Å². The van der Waals surface area contributed by atoms with Gasteiger partial charge in [0.1, 0.15) is 12.2 Å². The molecule has 0 bridgehead atoms. The van der Waals surface area contributed by atoms with Crippen LogP contribution >= 0.6 is 37.2 Å². The first kappa shape index (κ1) is 48.7. The average molecular weight is 902 g/mol. The quantitative estimate of drug-likeness (QED) is 0.0420. The predicted molar refractivity (Wildman–Crippen MR) is 230 cm³/mol. The Hall–Kier alpha value is -2.93. The summed E-state index contributed by atoms with van der Waals surface area (Å²) < 4.78 is 49.2. The minimum absolute atomic E-state index is 0.0408. The number of rotatable bonds is 25. The van der Waals surface area contributed by atoms with Crippen LogP contribution in [0.1, 0.15) is 75.5 Å². The fourth-order valence-electron chi connectivity index (χ4n) is 6.39. The summed E-state index contributed by atoms with van der Waals surface area (Å²) in [4.78, 5) is 59.9. The number of amides is 3. The smallest absolute Gasteiger partial charge is 0.397 e. The molecule has 7 N–H and O–H groups in total. The zero-order valence-corrected chi connectivity index (χ0v) is 37.1. The second-order valence-electron chi connectivity index (χ2n) is 13.7. The number of phosphoric ester groups is 2. The minimum atomic E-state index is -4.40. The van der Waals surface area contributed by atoms with Gasteiger partial charge in [0.15, 0.2) is 0 Å². The highest BCUT2D eigenvalue weighted by molar-refractivity contribution is 8.76.